The molecule has 0 N–H and O–H groups in total. The average Bonchev–Trinajstić information content (AvgIpc) is 2.08. The highest BCUT2D eigenvalue weighted by Gasteiger charge is 2.00. The van der Waals surface area contributed by atoms with Crippen LogP contribution in [0.25, 0.3) is 0 Å². The normalized spacial score (nSPS) is 10.2. The lowest BCUT2D eigenvalue weighted by atomic mass is 10.1. The van der Waals surface area contributed by atoms with Gasteiger partial charge in [0.25, 0.3) is 0 Å². The second-order valence-electron chi connectivity index (χ2n) is 2.66. The molecule has 0 radical (unpaired) electrons. The van der Waals surface area contributed by atoms with Crippen LogP contribution in [0.5, 0.6) is 0 Å². The molecule has 0 spiro atoms. The van der Waals surface area contributed by atoms with Crippen LogP contribution in [0.1, 0.15) is 18.1 Å². The third kappa shape index (κ3) is 2.32. The van der Waals surface area contributed by atoms with E-state index in [-0.39, 0.29) is 0 Å². The highest BCUT2D eigenvalue weighted by atomic mass is 79.9. The molecule has 0 amide bonds. The lowest BCUT2D eigenvalue weighted by Crippen LogP contribution is -1.94. The first-order chi connectivity index (χ1) is 5.75. The molecule has 66 valence electrons. The SMILES string of the molecule is CCOCc1cccc(Br)c1C. The molecule has 0 unspecified atom stereocenters. The van der Waals surface area contributed by atoms with Gasteiger partial charge in [0.15, 0.2) is 0 Å². The summed E-state index contributed by atoms with van der Waals surface area (Å²) in [5.74, 6) is 0. The van der Waals surface area contributed by atoms with Crippen molar-refractivity contribution in [2.45, 2.75) is 20.5 Å². The van der Waals surface area contributed by atoms with E-state index in [0.717, 1.165) is 11.1 Å². The topological polar surface area (TPSA) is 9.23 Å². The Labute approximate surface area is 81.9 Å². The molecule has 0 atom stereocenters. The fraction of sp³-hybridized carbons (Fsp3) is 0.400. The van der Waals surface area contributed by atoms with Crippen molar-refractivity contribution in [2.75, 3.05) is 6.61 Å². The summed E-state index contributed by atoms with van der Waals surface area (Å²) in [4.78, 5) is 0. The van der Waals surface area contributed by atoms with Gasteiger partial charge in [-0.1, -0.05) is 28.1 Å². The first-order valence-corrected chi connectivity index (χ1v) is 4.86. The summed E-state index contributed by atoms with van der Waals surface area (Å²) in [6.45, 7) is 5.58. The third-order valence-electron chi connectivity index (χ3n) is 1.84. The number of hydrogen-bond acceptors (Lipinski definition) is 1. The number of ether oxygens (including phenoxy) is 1. The Morgan fingerprint density at radius 3 is 2.83 bits per heavy atom. The quantitative estimate of drug-likeness (QED) is 0.772. The first-order valence-electron chi connectivity index (χ1n) is 4.07. The Kier molecular flexibility index (Phi) is 3.76. The number of benzene rings is 1. The smallest absolute Gasteiger partial charge is 0.0719 e. The minimum absolute atomic E-state index is 0.710. The fourth-order valence-corrected chi connectivity index (χ4v) is 1.43. The maximum absolute atomic E-state index is 5.33. The van der Waals surface area contributed by atoms with Crippen LogP contribution in [-0.2, 0) is 11.3 Å². The van der Waals surface area contributed by atoms with Gasteiger partial charge in [0.05, 0.1) is 6.61 Å². The van der Waals surface area contributed by atoms with Gasteiger partial charge in [-0.05, 0) is 31.0 Å². The highest BCUT2D eigenvalue weighted by Crippen LogP contribution is 2.19. The summed E-state index contributed by atoms with van der Waals surface area (Å²) >= 11 is 3.48. The molecule has 0 saturated heterocycles. The molecule has 0 bridgehead atoms. The molecule has 0 saturated carbocycles. The molecule has 0 aliphatic heterocycles. The van der Waals surface area contributed by atoms with Crippen LogP contribution in [0.2, 0.25) is 0 Å². The van der Waals surface area contributed by atoms with Gasteiger partial charge in [0.2, 0.25) is 0 Å². The van der Waals surface area contributed by atoms with Gasteiger partial charge < -0.3 is 4.74 Å². The second kappa shape index (κ2) is 4.63. The van der Waals surface area contributed by atoms with Gasteiger partial charge in [-0.25, -0.2) is 0 Å². The Morgan fingerprint density at radius 1 is 1.42 bits per heavy atom. The summed E-state index contributed by atoms with van der Waals surface area (Å²) in [5, 5.41) is 0. The molecule has 1 aromatic carbocycles. The molecular weight excluding hydrogens is 216 g/mol. The summed E-state index contributed by atoms with van der Waals surface area (Å²) in [5.41, 5.74) is 2.53. The zero-order valence-corrected chi connectivity index (χ0v) is 9.02. The van der Waals surface area contributed by atoms with Gasteiger partial charge in [-0.3, -0.25) is 0 Å². The minimum Gasteiger partial charge on any atom is -0.377 e. The van der Waals surface area contributed by atoms with E-state index >= 15 is 0 Å². The van der Waals surface area contributed by atoms with Crippen molar-refractivity contribution < 1.29 is 4.74 Å². The van der Waals surface area contributed by atoms with Gasteiger partial charge in [-0.2, -0.15) is 0 Å². The van der Waals surface area contributed by atoms with E-state index in [9.17, 15) is 0 Å². The van der Waals surface area contributed by atoms with Gasteiger partial charge in [0.1, 0.15) is 0 Å². The van der Waals surface area contributed by atoms with Crippen LogP contribution in [-0.4, -0.2) is 6.61 Å². The van der Waals surface area contributed by atoms with E-state index < -0.39 is 0 Å². The number of rotatable bonds is 3. The minimum atomic E-state index is 0.710. The Balaban J connectivity index is 2.78. The second-order valence-corrected chi connectivity index (χ2v) is 3.52. The maximum Gasteiger partial charge on any atom is 0.0719 e. The predicted molar refractivity (Wildman–Crippen MR) is 54.2 cm³/mol. The van der Waals surface area contributed by atoms with Crippen molar-refractivity contribution in [1.29, 1.82) is 0 Å². The Morgan fingerprint density at radius 2 is 2.17 bits per heavy atom. The summed E-state index contributed by atoms with van der Waals surface area (Å²) in [6.07, 6.45) is 0. The highest BCUT2D eigenvalue weighted by molar-refractivity contribution is 9.10. The molecule has 0 aromatic heterocycles. The van der Waals surface area contributed by atoms with Crippen LogP contribution >= 0.6 is 15.9 Å². The molecule has 12 heavy (non-hydrogen) atoms. The predicted octanol–water partition coefficient (Wildman–Crippen LogP) is 3.29. The van der Waals surface area contributed by atoms with Crippen molar-refractivity contribution in [2.24, 2.45) is 0 Å². The average molecular weight is 229 g/mol. The molecule has 0 aliphatic rings. The van der Waals surface area contributed by atoms with Crippen LogP contribution in [0, 0.1) is 6.92 Å². The largest absolute Gasteiger partial charge is 0.377 e. The Bertz CT molecular complexity index is 258. The summed E-state index contributed by atoms with van der Waals surface area (Å²) < 4.78 is 6.49. The van der Waals surface area contributed by atoms with E-state index in [1.807, 2.05) is 19.1 Å². The van der Waals surface area contributed by atoms with E-state index in [0.29, 0.717) is 6.61 Å². The molecular formula is C10H13BrO. The van der Waals surface area contributed by atoms with Crippen LogP contribution < -0.4 is 0 Å². The van der Waals surface area contributed by atoms with E-state index in [1.54, 1.807) is 0 Å². The fourth-order valence-electron chi connectivity index (χ4n) is 1.02. The monoisotopic (exact) mass is 228 g/mol. The summed E-state index contributed by atoms with van der Waals surface area (Å²) in [6, 6.07) is 6.17. The van der Waals surface area contributed by atoms with Gasteiger partial charge >= 0.3 is 0 Å². The van der Waals surface area contributed by atoms with Crippen molar-refractivity contribution >= 4 is 15.9 Å². The van der Waals surface area contributed by atoms with E-state index in [1.165, 1.54) is 11.1 Å². The first kappa shape index (κ1) is 9.75. The lowest BCUT2D eigenvalue weighted by Gasteiger charge is -2.06. The lowest BCUT2D eigenvalue weighted by molar-refractivity contribution is 0.133. The molecule has 0 heterocycles. The molecule has 1 rings (SSSR count). The maximum atomic E-state index is 5.33. The zero-order chi connectivity index (χ0) is 8.97. The van der Waals surface area contributed by atoms with E-state index in [4.69, 9.17) is 4.74 Å². The van der Waals surface area contributed by atoms with Crippen LogP contribution in [0.3, 0.4) is 0 Å². The molecule has 2 heteroatoms. The molecule has 1 nitrogen and oxygen atoms in total. The third-order valence-corrected chi connectivity index (χ3v) is 2.70. The van der Waals surface area contributed by atoms with Crippen LogP contribution in [0.4, 0.5) is 0 Å². The molecule has 1 aromatic rings. The number of halogens is 1. The van der Waals surface area contributed by atoms with Crippen molar-refractivity contribution in [3.8, 4) is 0 Å². The zero-order valence-electron chi connectivity index (χ0n) is 7.43. The van der Waals surface area contributed by atoms with Gasteiger partial charge in [0, 0.05) is 11.1 Å². The van der Waals surface area contributed by atoms with E-state index in [2.05, 4.69) is 28.9 Å². The standard InChI is InChI=1S/C10H13BrO/c1-3-12-7-9-5-4-6-10(11)8(9)2/h4-6H,3,7H2,1-2H3. The Hall–Kier alpha value is -0.340. The van der Waals surface area contributed by atoms with Crippen molar-refractivity contribution in [1.82, 2.24) is 0 Å². The van der Waals surface area contributed by atoms with Crippen molar-refractivity contribution in [3.63, 3.8) is 0 Å². The summed E-state index contributed by atoms with van der Waals surface area (Å²) in [7, 11) is 0. The van der Waals surface area contributed by atoms with Gasteiger partial charge in [-0.15, -0.1) is 0 Å². The molecule has 0 fully saturated rings. The van der Waals surface area contributed by atoms with Crippen LogP contribution in [0.15, 0.2) is 22.7 Å². The molecule has 0 aliphatic carbocycles. The number of hydrogen-bond donors (Lipinski definition) is 0. The van der Waals surface area contributed by atoms with Crippen molar-refractivity contribution in [3.05, 3.63) is 33.8 Å².